The second-order valence-corrected chi connectivity index (χ2v) is 7.16. The van der Waals surface area contributed by atoms with Gasteiger partial charge in [0.15, 0.2) is 6.10 Å². The van der Waals surface area contributed by atoms with Crippen LogP contribution in [0.25, 0.3) is 0 Å². The van der Waals surface area contributed by atoms with E-state index < -0.39 is 23.7 Å². The number of benzene rings is 1. The highest BCUT2D eigenvalue weighted by Gasteiger charge is 2.36. The molecule has 1 heterocycles. The number of nitrogens with one attached hydrogen (secondary N) is 1. The Labute approximate surface area is 144 Å². The molecule has 0 bridgehead atoms. The summed E-state index contributed by atoms with van der Waals surface area (Å²) in [4.78, 5) is 23.2. The van der Waals surface area contributed by atoms with Gasteiger partial charge in [-0.3, -0.25) is 4.79 Å². The Morgan fingerprint density at radius 3 is 2.52 bits per heavy atom. The standard InChI is InChI=1S/C16H19Cl2NO4/c1-16(2,8-9-3-4-10(17)7-11(9)18)19-14(20)12-5-6-13(23-12)15(21)22/h3-4,7,12-13H,5-6,8H2,1-2H3,(H,19,20)(H,21,22)/t12-,13+/m0/s1. The van der Waals surface area contributed by atoms with E-state index in [-0.39, 0.29) is 5.91 Å². The zero-order valence-corrected chi connectivity index (χ0v) is 14.4. The van der Waals surface area contributed by atoms with Crippen LogP contribution in [0.1, 0.15) is 32.3 Å². The molecule has 1 saturated heterocycles. The van der Waals surface area contributed by atoms with Gasteiger partial charge in [0.2, 0.25) is 5.91 Å². The maximum Gasteiger partial charge on any atom is 0.332 e. The summed E-state index contributed by atoms with van der Waals surface area (Å²) in [6.45, 7) is 3.75. The highest BCUT2D eigenvalue weighted by atomic mass is 35.5. The monoisotopic (exact) mass is 359 g/mol. The van der Waals surface area contributed by atoms with Crippen molar-refractivity contribution in [3.05, 3.63) is 33.8 Å². The average Bonchev–Trinajstić information content (AvgIpc) is 2.91. The lowest BCUT2D eigenvalue weighted by atomic mass is 9.94. The minimum absolute atomic E-state index is 0.302. The van der Waals surface area contributed by atoms with Gasteiger partial charge in [-0.15, -0.1) is 0 Å². The third-order valence-electron chi connectivity index (χ3n) is 3.70. The van der Waals surface area contributed by atoms with Gasteiger partial charge < -0.3 is 15.2 Å². The van der Waals surface area contributed by atoms with Crippen molar-refractivity contribution >= 4 is 35.1 Å². The first-order valence-corrected chi connectivity index (χ1v) is 8.08. The summed E-state index contributed by atoms with van der Waals surface area (Å²) in [5.41, 5.74) is 0.316. The molecular weight excluding hydrogens is 341 g/mol. The Morgan fingerprint density at radius 1 is 1.30 bits per heavy atom. The van der Waals surface area contributed by atoms with Crippen molar-refractivity contribution in [1.82, 2.24) is 5.32 Å². The van der Waals surface area contributed by atoms with Crippen molar-refractivity contribution in [2.24, 2.45) is 0 Å². The number of rotatable bonds is 5. The highest BCUT2D eigenvalue weighted by Crippen LogP contribution is 2.25. The molecule has 0 radical (unpaired) electrons. The van der Waals surface area contributed by atoms with E-state index in [2.05, 4.69) is 5.32 Å². The summed E-state index contributed by atoms with van der Waals surface area (Å²) in [5.74, 6) is -1.34. The maximum absolute atomic E-state index is 12.3. The maximum atomic E-state index is 12.3. The molecule has 0 saturated carbocycles. The molecule has 126 valence electrons. The molecule has 7 heteroatoms. The highest BCUT2D eigenvalue weighted by molar-refractivity contribution is 6.35. The van der Waals surface area contributed by atoms with E-state index >= 15 is 0 Å². The summed E-state index contributed by atoms with van der Waals surface area (Å²) in [6, 6.07) is 5.23. The first-order chi connectivity index (χ1) is 10.7. The van der Waals surface area contributed by atoms with Gasteiger partial charge in [-0.05, 0) is 50.8 Å². The van der Waals surface area contributed by atoms with Crippen molar-refractivity contribution in [3.63, 3.8) is 0 Å². The molecular formula is C16H19Cl2NO4. The molecule has 2 rings (SSSR count). The van der Waals surface area contributed by atoms with Crippen LogP contribution in [-0.2, 0) is 20.7 Å². The Hall–Kier alpha value is -1.30. The molecule has 1 aromatic carbocycles. The van der Waals surface area contributed by atoms with Crippen LogP contribution in [-0.4, -0.2) is 34.7 Å². The summed E-state index contributed by atoms with van der Waals surface area (Å²) in [6.07, 6.45) is -0.364. The number of carboxylic acid groups (broad SMARTS) is 1. The van der Waals surface area contributed by atoms with E-state index in [4.69, 9.17) is 33.0 Å². The van der Waals surface area contributed by atoms with Gasteiger partial charge in [0, 0.05) is 15.6 Å². The predicted octanol–water partition coefficient (Wildman–Crippen LogP) is 3.06. The smallest absolute Gasteiger partial charge is 0.332 e. The molecule has 2 atom stereocenters. The molecule has 1 aromatic rings. The third-order valence-corrected chi connectivity index (χ3v) is 4.28. The fourth-order valence-electron chi connectivity index (χ4n) is 2.61. The minimum Gasteiger partial charge on any atom is -0.479 e. The number of amides is 1. The van der Waals surface area contributed by atoms with Gasteiger partial charge in [0.1, 0.15) is 6.10 Å². The Bertz CT molecular complexity index is 618. The van der Waals surface area contributed by atoms with E-state index in [0.29, 0.717) is 29.3 Å². The number of carboxylic acids is 1. The lowest BCUT2D eigenvalue weighted by molar-refractivity contribution is -0.152. The van der Waals surface area contributed by atoms with Crippen LogP contribution in [0, 0.1) is 0 Å². The van der Waals surface area contributed by atoms with E-state index in [1.54, 1.807) is 12.1 Å². The zero-order valence-electron chi connectivity index (χ0n) is 12.9. The molecule has 0 aromatic heterocycles. The van der Waals surface area contributed by atoms with Crippen LogP contribution >= 0.6 is 23.2 Å². The van der Waals surface area contributed by atoms with Crippen molar-refractivity contribution in [1.29, 1.82) is 0 Å². The first kappa shape index (κ1) is 18.0. The van der Waals surface area contributed by atoms with Crippen molar-refractivity contribution in [2.45, 2.75) is 50.9 Å². The number of hydrogen-bond donors (Lipinski definition) is 2. The van der Waals surface area contributed by atoms with Crippen LogP contribution in [0.5, 0.6) is 0 Å². The fraction of sp³-hybridized carbons (Fsp3) is 0.500. The van der Waals surface area contributed by atoms with Gasteiger partial charge in [-0.2, -0.15) is 0 Å². The molecule has 23 heavy (non-hydrogen) atoms. The quantitative estimate of drug-likeness (QED) is 0.846. The van der Waals surface area contributed by atoms with Crippen LogP contribution in [0.3, 0.4) is 0 Å². The number of ether oxygens (including phenoxy) is 1. The minimum atomic E-state index is -1.03. The molecule has 1 aliphatic heterocycles. The van der Waals surface area contributed by atoms with Gasteiger partial charge in [-0.1, -0.05) is 29.3 Å². The summed E-state index contributed by atoms with van der Waals surface area (Å²) < 4.78 is 5.27. The zero-order chi connectivity index (χ0) is 17.2. The van der Waals surface area contributed by atoms with Crippen LogP contribution in [0.4, 0.5) is 0 Å². The number of aliphatic carboxylic acids is 1. The van der Waals surface area contributed by atoms with E-state index in [1.165, 1.54) is 0 Å². The van der Waals surface area contributed by atoms with Crippen LogP contribution < -0.4 is 5.32 Å². The molecule has 0 unspecified atom stereocenters. The number of halogens is 2. The van der Waals surface area contributed by atoms with Crippen molar-refractivity contribution in [2.75, 3.05) is 0 Å². The Kier molecular flexibility index (Phi) is 5.55. The third kappa shape index (κ3) is 4.83. The number of carbonyl (C=O) groups is 2. The van der Waals surface area contributed by atoms with Crippen LogP contribution in [0.2, 0.25) is 10.0 Å². The van der Waals surface area contributed by atoms with Gasteiger partial charge in [0.25, 0.3) is 0 Å². The normalized spacial score (nSPS) is 21.2. The summed E-state index contributed by atoms with van der Waals surface area (Å²) in [5, 5.41) is 12.9. The summed E-state index contributed by atoms with van der Waals surface area (Å²) >= 11 is 12.0. The average molecular weight is 360 g/mol. The first-order valence-electron chi connectivity index (χ1n) is 7.32. The second kappa shape index (κ2) is 7.07. The van der Waals surface area contributed by atoms with E-state index in [0.717, 1.165) is 5.56 Å². The van der Waals surface area contributed by atoms with Crippen LogP contribution in [0.15, 0.2) is 18.2 Å². The number of carbonyl (C=O) groups excluding carboxylic acids is 1. The second-order valence-electron chi connectivity index (χ2n) is 6.31. The Balaban J connectivity index is 1.97. The lowest BCUT2D eigenvalue weighted by Crippen LogP contribution is -2.49. The molecule has 1 fully saturated rings. The van der Waals surface area contributed by atoms with E-state index in [1.807, 2.05) is 19.9 Å². The SMILES string of the molecule is CC(C)(Cc1ccc(Cl)cc1Cl)NC(=O)[C@@H]1CC[C@H](C(=O)O)O1. The van der Waals surface area contributed by atoms with Gasteiger partial charge in [-0.25, -0.2) is 4.79 Å². The lowest BCUT2D eigenvalue weighted by Gasteiger charge is -2.28. The van der Waals surface area contributed by atoms with Crippen molar-refractivity contribution in [3.8, 4) is 0 Å². The topological polar surface area (TPSA) is 75.6 Å². The van der Waals surface area contributed by atoms with Gasteiger partial charge in [0.05, 0.1) is 0 Å². The molecule has 2 N–H and O–H groups in total. The predicted molar refractivity (Wildman–Crippen MR) is 87.9 cm³/mol. The molecule has 0 spiro atoms. The fourth-order valence-corrected chi connectivity index (χ4v) is 3.09. The largest absolute Gasteiger partial charge is 0.479 e. The molecule has 5 nitrogen and oxygen atoms in total. The number of hydrogen-bond acceptors (Lipinski definition) is 3. The Morgan fingerprint density at radius 2 is 1.96 bits per heavy atom. The summed E-state index contributed by atoms with van der Waals surface area (Å²) in [7, 11) is 0. The molecule has 0 aliphatic carbocycles. The molecule has 1 amide bonds. The van der Waals surface area contributed by atoms with E-state index in [9.17, 15) is 9.59 Å². The van der Waals surface area contributed by atoms with Gasteiger partial charge >= 0.3 is 5.97 Å². The molecule has 1 aliphatic rings. The van der Waals surface area contributed by atoms with Crippen molar-refractivity contribution < 1.29 is 19.4 Å².